The summed E-state index contributed by atoms with van der Waals surface area (Å²) in [5, 5.41) is 12.0. The second-order valence-electron chi connectivity index (χ2n) is 6.23. The molecular formula is C22H27N5. The van der Waals surface area contributed by atoms with Gasteiger partial charge in [0.2, 0.25) is 0 Å². The van der Waals surface area contributed by atoms with E-state index in [0.717, 1.165) is 58.8 Å². The fraction of sp³-hybridized carbons (Fsp3) is 0.273. The number of hydrogen-bond acceptors (Lipinski definition) is 3. The summed E-state index contributed by atoms with van der Waals surface area (Å²) in [5.74, 6) is 0. The van der Waals surface area contributed by atoms with Crippen molar-refractivity contribution in [2.75, 3.05) is 13.1 Å². The number of rotatable bonds is 4. The lowest BCUT2D eigenvalue weighted by Gasteiger charge is -2.13. The standard InChI is InChI=1S/C20H21N5.C2H6/c1-3-4-5-15-10-18(23-13(15)2)20-16-11-17(14-6-8-21-9-7-14)22-12-19(16)24-25-20;1-2/h3-6,10-12,21,23H,1,7-9H2,2H3,(H,24,25);1-2H3/b5-4-;. The quantitative estimate of drug-likeness (QED) is 0.581. The van der Waals surface area contributed by atoms with Crippen LogP contribution in [0.2, 0.25) is 0 Å². The van der Waals surface area contributed by atoms with Crippen molar-refractivity contribution in [1.82, 2.24) is 25.5 Å². The Bertz CT molecular complexity index is 987. The van der Waals surface area contributed by atoms with Crippen molar-refractivity contribution in [2.24, 2.45) is 0 Å². The molecule has 0 saturated carbocycles. The molecule has 0 spiro atoms. The predicted octanol–water partition coefficient (Wildman–Crippen LogP) is 4.86. The number of nitrogens with zero attached hydrogens (tertiary/aromatic N) is 2. The molecule has 0 fully saturated rings. The van der Waals surface area contributed by atoms with Gasteiger partial charge in [0.25, 0.3) is 0 Å². The molecule has 0 atom stereocenters. The first kappa shape index (κ1) is 18.9. The van der Waals surface area contributed by atoms with Crippen LogP contribution in [0.5, 0.6) is 0 Å². The highest BCUT2D eigenvalue weighted by Crippen LogP contribution is 2.29. The number of fused-ring (bicyclic) bond motifs is 1. The first-order chi connectivity index (χ1) is 13.3. The number of aryl methyl sites for hydroxylation is 1. The Morgan fingerprint density at radius 1 is 1.22 bits per heavy atom. The van der Waals surface area contributed by atoms with E-state index in [4.69, 9.17) is 0 Å². The van der Waals surface area contributed by atoms with Crippen LogP contribution < -0.4 is 5.32 Å². The van der Waals surface area contributed by atoms with Crippen molar-refractivity contribution in [3.05, 3.63) is 60.1 Å². The van der Waals surface area contributed by atoms with Gasteiger partial charge in [-0.05, 0) is 43.2 Å². The number of aromatic nitrogens is 4. The van der Waals surface area contributed by atoms with E-state index in [1.165, 1.54) is 5.57 Å². The van der Waals surface area contributed by atoms with Crippen LogP contribution in [0, 0.1) is 6.92 Å². The van der Waals surface area contributed by atoms with Gasteiger partial charge < -0.3 is 10.3 Å². The molecule has 3 aromatic rings. The maximum absolute atomic E-state index is 4.60. The van der Waals surface area contributed by atoms with Crippen LogP contribution in [-0.4, -0.2) is 33.3 Å². The summed E-state index contributed by atoms with van der Waals surface area (Å²) in [6.45, 7) is 11.7. The molecule has 3 aromatic heterocycles. The van der Waals surface area contributed by atoms with Gasteiger partial charge >= 0.3 is 0 Å². The van der Waals surface area contributed by atoms with Gasteiger partial charge in [-0.3, -0.25) is 10.1 Å². The van der Waals surface area contributed by atoms with Gasteiger partial charge in [-0.1, -0.05) is 44.7 Å². The molecule has 1 aliphatic rings. The van der Waals surface area contributed by atoms with Gasteiger partial charge in [-0.25, -0.2) is 0 Å². The van der Waals surface area contributed by atoms with Gasteiger partial charge in [0.15, 0.2) is 0 Å². The van der Waals surface area contributed by atoms with E-state index in [9.17, 15) is 0 Å². The molecule has 140 valence electrons. The van der Waals surface area contributed by atoms with Crippen LogP contribution >= 0.6 is 0 Å². The summed E-state index contributed by atoms with van der Waals surface area (Å²) in [5.41, 5.74) is 7.46. The van der Waals surface area contributed by atoms with Crippen molar-refractivity contribution in [3.63, 3.8) is 0 Å². The maximum Gasteiger partial charge on any atom is 0.116 e. The molecule has 5 heteroatoms. The molecular weight excluding hydrogens is 334 g/mol. The van der Waals surface area contributed by atoms with Crippen molar-refractivity contribution >= 4 is 22.6 Å². The average Bonchev–Trinajstić information content (AvgIpc) is 3.31. The Morgan fingerprint density at radius 2 is 2.07 bits per heavy atom. The van der Waals surface area contributed by atoms with E-state index in [2.05, 4.69) is 57.2 Å². The van der Waals surface area contributed by atoms with E-state index in [1.807, 2.05) is 32.2 Å². The lowest BCUT2D eigenvalue weighted by atomic mass is 10.0. The summed E-state index contributed by atoms with van der Waals surface area (Å²) in [6, 6.07) is 4.26. The molecule has 0 unspecified atom stereocenters. The second-order valence-corrected chi connectivity index (χ2v) is 6.23. The van der Waals surface area contributed by atoms with Gasteiger partial charge in [-0.15, -0.1) is 0 Å². The zero-order valence-electron chi connectivity index (χ0n) is 16.3. The fourth-order valence-electron chi connectivity index (χ4n) is 3.20. The Labute approximate surface area is 160 Å². The minimum absolute atomic E-state index is 0.905. The van der Waals surface area contributed by atoms with Crippen LogP contribution in [0.3, 0.4) is 0 Å². The number of nitrogens with one attached hydrogen (secondary N) is 3. The van der Waals surface area contributed by atoms with E-state index in [0.29, 0.717) is 0 Å². The van der Waals surface area contributed by atoms with Gasteiger partial charge in [0.1, 0.15) is 5.69 Å². The largest absolute Gasteiger partial charge is 0.357 e. The normalized spacial score (nSPS) is 14.1. The molecule has 0 amide bonds. The Balaban J connectivity index is 0.00000102. The van der Waals surface area contributed by atoms with E-state index < -0.39 is 0 Å². The summed E-state index contributed by atoms with van der Waals surface area (Å²) in [6.07, 6.45) is 10.9. The zero-order chi connectivity index (χ0) is 19.2. The smallest absolute Gasteiger partial charge is 0.116 e. The highest BCUT2D eigenvalue weighted by atomic mass is 15.1. The maximum atomic E-state index is 4.60. The van der Waals surface area contributed by atoms with Crippen molar-refractivity contribution in [2.45, 2.75) is 27.2 Å². The molecule has 0 aliphatic carbocycles. The van der Waals surface area contributed by atoms with Gasteiger partial charge in [-0.2, -0.15) is 5.10 Å². The molecule has 0 aromatic carbocycles. The molecule has 5 nitrogen and oxygen atoms in total. The SMILES string of the molecule is C=C/C=C\c1cc(-c2n[nH]c3cnc(C4=CCNCC4)cc23)[nH]c1C.CC. The third-order valence-electron chi connectivity index (χ3n) is 4.56. The molecule has 4 heterocycles. The molecule has 27 heavy (non-hydrogen) atoms. The molecule has 0 radical (unpaired) electrons. The van der Waals surface area contributed by atoms with Gasteiger partial charge in [0.05, 0.1) is 23.1 Å². The first-order valence-corrected chi connectivity index (χ1v) is 9.49. The van der Waals surface area contributed by atoms with Gasteiger partial charge in [0, 0.05) is 17.6 Å². The highest BCUT2D eigenvalue weighted by Gasteiger charge is 2.14. The predicted molar refractivity (Wildman–Crippen MR) is 114 cm³/mol. The number of hydrogen-bond donors (Lipinski definition) is 3. The van der Waals surface area contributed by atoms with Crippen LogP contribution in [0.15, 0.2) is 43.1 Å². The fourth-order valence-corrected chi connectivity index (χ4v) is 3.20. The van der Waals surface area contributed by atoms with E-state index in [1.54, 1.807) is 6.08 Å². The number of pyridine rings is 1. The van der Waals surface area contributed by atoms with E-state index >= 15 is 0 Å². The van der Waals surface area contributed by atoms with Crippen LogP contribution in [0.4, 0.5) is 0 Å². The van der Waals surface area contributed by atoms with Crippen molar-refractivity contribution in [1.29, 1.82) is 0 Å². The summed E-state index contributed by atoms with van der Waals surface area (Å²) in [7, 11) is 0. The first-order valence-electron chi connectivity index (χ1n) is 9.49. The summed E-state index contributed by atoms with van der Waals surface area (Å²) >= 11 is 0. The third kappa shape index (κ3) is 3.93. The molecule has 1 aliphatic heterocycles. The number of allylic oxidation sites excluding steroid dienone is 2. The lowest BCUT2D eigenvalue weighted by Crippen LogP contribution is -2.20. The Hall–Kier alpha value is -2.92. The van der Waals surface area contributed by atoms with Crippen LogP contribution in [0.1, 0.15) is 37.2 Å². The second kappa shape index (κ2) is 8.64. The Morgan fingerprint density at radius 3 is 2.81 bits per heavy atom. The van der Waals surface area contributed by atoms with E-state index in [-0.39, 0.29) is 0 Å². The van der Waals surface area contributed by atoms with Crippen molar-refractivity contribution in [3.8, 4) is 11.4 Å². The zero-order valence-corrected chi connectivity index (χ0v) is 16.3. The molecule has 3 N–H and O–H groups in total. The molecule has 4 rings (SSSR count). The highest BCUT2D eigenvalue weighted by molar-refractivity contribution is 5.93. The minimum atomic E-state index is 0.905. The topological polar surface area (TPSA) is 69.4 Å². The summed E-state index contributed by atoms with van der Waals surface area (Å²) in [4.78, 5) is 8.04. The Kier molecular flexibility index (Phi) is 6.04. The number of H-pyrrole nitrogens is 2. The van der Waals surface area contributed by atoms with Crippen LogP contribution in [-0.2, 0) is 0 Å². The molecule has 0 bridgehead atoms. The summed E-state index contributed by atoms with van der Waals surface area (Å²) < 4.78 is 0. The number of aromatic amines is 2. The molecule has 0 saturated heterocycles. The van der Waals surface area contributed by atoms with Crippen molar-refractivity contribution < 1.29 is 0 Å². The minimum Gasteiger partial charge on any atom is -0.357 e. The van der Waals surface area contributed by atoms with Crippen LogP contribution in [0.25, 0.3) is 33.9 Å². The third-order valence-corrected chi connectivity index (χ3v) is 4.56. The monoisotopic (exact) mass is 361 g/mol. The average molecular weight is 361 g/mol. The lowest BCUT2D eigenvalue weighted by molar-refractivity contribution is 0.737.